The lowest BCUT2D eigenvalue weighted by Crippen LogP contribution is -2.40. The summed E-state index contributed by atoms with van der Waals surface area (Å²) in [6.07, 6.45) is 35.9. The highest BCUT2D eigenvalue weighted by Crippen LogP contribution is 2.11. The maximum atomic E-state index is 12.6. The van der Waals surface area contributed by atoms with Gasteiger partial charge in [0.1, 0.15) is 13.2 Å². The lowest BCUT2D eigenvalue weighted by Gasteiger charge is -2.25. The van der Waals surface area contributed by atoms with Crippen LogP contribution in [0, 0.1) is 0 Å². The van der Waals surface area contributed by atoms with E-state index in [9.17, 15) is 19.5 Å². The molecule has 0 aromatic carbocycles. The number of ether oxygens (including phenoxy) is 4. The molecule has 0 spiro atoms. The number of carbonyl (C=O) groups excluding carboxylic acids is 2. The van der Waals surface area contributed by atoms with Crippen LogP contribution >= 0.6 is 0 Å². The van der Waals surface area contributed by atoms with Crippen LogP contribution in [0.1, 0.15) is 129 Å². The van der Waals surface area contributed by atoms with Gasteiger partial charge in [-0.1, -0.05) is 113 Å². The van der Waals surface area contributed by atoms with Crippen LogP contribution in [0.25, 0.3) is 0 Å². The minimum Gasteiger partial charge on any atom is -0.477 e. The monoisotopic (exact) mass is 719 g/mol. The molecule has 0 amide bonds. The van der Waals surface area contributed by atoms with Gasteiger partial charge < -0.3 is 28.5 Å². The molecule has 0 aromatic heterocycles. The normalized spacial score (nSPS) is 13.7. The predicted molar refractivity (Wildman–Crippen MR) is 207 cm³/mol. The van der Waals surface area contributed by atoms with Gasteiger partial charge in [0.2, 0.25) is 0 Å². The Balaban J connectivity index is 4.67. The summed E-state index contributed by atoms with van der Waals surface area (Å²) in [5, 5.41) is 9.58. The molecule has 51 heavy (non-hydrogen) atoms. The van der Waals surface area contributed by atoms with E-state index in [0.29, 0.717) is 17.4 Å². The standard InChI is InChI=1S/C42H71NO8/c1-6-8-10-12-14-16-18-20-22-24-26-28-30-32-39(44)49-36-38(37-50-42(41(46)47)48-35-34-43(3,4)5)51-40(45)33-31-29-27-25-23-21-19-17-15-13-11-9-7-2/h9,11,15-18,21,23,27,29,38,42H,6-8,10,12-14,19-20,22,24-26,28,30-37H2,1-5H3/p+1/b11-9-,17-15-,18-16-,23-21-,29-27-. The number of esters is 2. The summed E-state index contributed by atoms with van der Waals surface area (Å²) < 4.78 is 22.5. The number of allylic oxidation sites excluding steroid dienone is 10. The number of carboxylic acids is 1. The van der Waals surface area contributed by atoms with Crippen molar-refractivity contribution < 1.29 is 42.9 Å². The Hall–Kier alpha value is -3.01. The molecule has 0 fully saturated rings. The zero-order valence-electron chi connectivity index (χ0n) is 32.7. The fourth-order valence-electron chi connectivity index (χ4n) is 4.72. The van der Waals surface area contributed by atoms with Crippen LogP contribution in [0.3, 0.4) is 0 Å². The molecule has 292 valence electrons. The maximum absolute atomic E-state index is 12.6. The second-order valence-electron chi connectivity index (χ2n) is 13.8. The van der Waals surface area contributed by atoms with E-state index in [1.807, 2.05) is 33.3 Å². The number of carboxylic acid groups (broad SMARTS) is 1. The van der Waals surface area contributed by atoms with Gasteiger partial charge >= 0.3 is 17.9 Å². The predicted octanol–water partition coefficient (Wildman–Crippen LogP) is 9.43. The lowest BCUT2D eigenvalue weighted by atomic mass is 10.1. The fraction of sp³-hybridized carbons (Fsp3) is 0.690. The molecule has 2 unspecified atom stereocenters. The van der Waals surface area contributed by atoms with E-state index in [1.165, 1.54) is 32.1 Å². The molecule has 0 radical (unpaired) electrons. The van der Waals surface area contributed by atoms with Gasteiger partial charge in [-0.3, -0.25) is 9.59 Å². The number of likely N-dealkylation sites (N-methyl/N-ethyl adjacent to an activating group) is 1. The number of quaternary nitrogens is 1. The summed E-state index contributed by atoms with van der Waals surface area (Å²) in [6, 6.07) is 0. The van der Waals surface area contributed by atoms with E-state index >= 15 is 0 Å². The summed E-state index contributed by atoms with van der Waals surface area (Å²) in [6.45, 7) is 4.60. The molecule has 0 aliphatic rings. The van der Waals surface area contributed by atoms with Crippen molar-refractivity contribution in [2.75, 3.05) is 47.5 Å². The van der Waals surface area contributed by atoms with Crippen LogP contribution in [-0.2, 0) is 33.3 Å². The van der Waals surface area contributed by atoms with Crippen molar-refractivity contribution in [2.45, 2.75) is 142 Å². The summed E-state index contributed by atoms with van der Waals surface area (Å²) in [5.41, 5.74) is 0. The maximum Gasteiger partial charge on any atom is 0.361 e. The molecule has 1 N–H and O–H groups in total. The first-order valence-electron chi connectivity index (χ1n) is 19.5. The Labute approximate surface area is 310 Å². The van der Waals surface area contributed by atoms with Gasteiger partial charge in [-0.15, -0.1) is 0 Å². The first kappa shape index (κ1) is 48.0. The molecule has 0 aliphatic carbocycles. The number of unbranched alkanes of at least 4 members (excludes halogenated alkanes) is 9. The molecule has 0 aliphatic heterocycles. The molecule has 0 aromatic rings. The number of hydrogen-bond donors (Lipinski definition) is 1. The first-order valence-corrected chi connectivity index (χ1v) is 19.5. The number of nitrogens with zero attached hydrogens (tertiary/aromatic N) is 1. The van der Waals surface area contributed by atoms with E-state index in [-0.39, 0.29) is 38.6 Å². The molecule has 2 atom stereocenters. The Bertz CT molecular complexity index is 1020. The van der Waals surface area contributed by atoms with Crippen LogP contribution in [0.4, 0.5) is 0 Å². The average molecular weight is 719 g/mol. The Morgan fingerprint density at radius 2 is 1.16 bits per heavy atom. The van der Waals surface area contributed by atoms with E-state index in [1.54, 1.807) is 0 Å². The third kappa shape index (κ3) is 35.2. The summed E-state index contributed by atoms with van der Waals surface area (Å²) >= 11 is 0. The van der Waals surface area contributed by atoms with Crippen LogP contribution in [0.5, 0.6) is 0 Å². The molecule has 0 rings (SSSR count). The third-order valence-electron chi connectivity index (χ3n) is 7.77. The van der Waals surface area contributed by atoms with Crippen molar-refractivity contribution in [2.24, 2.45) is 0 Å². The Morgan fingerprint density at radius 3 is 1.75 bits per heavy atom. The smallest absolute Gasteiger partial charge is 0.361 e. The number of hydrogen-bond acceptors (Lipinski definition) is 7. The third-order valence-corrected chi connectivity index (χ3v) is 7.77. The lowest BCUT2D eigenvalue weighted by molar-refractivity contribution is -0.870. The van der Waals surface area contributed by atoms with Crippen molar-refractivity contribution in [1.82, 2.24) is 0 Å². The molecule has 0 saturated heterocycles. The fourth-order valence-corrected chi connectivity index (χ4v) is 4.72. The topological polar surface area (TPSA) is 108 Å². The largest absolute Gasteiger partial charge is 0.477 e. The molecule has 0 heterocycles. The van der Waals surface area contributed by atoms with Gasteiger partial charge in [0.25, 0.3) is 6.29 Å². The molecule has 0 bridgehead atoms. The highest BCUT2D eigenvalue weighted by Gasteiger charge is 2.25. The van der Waals surface area contributed by atoms with Gasteiger partial charge in [-0.2, -0.15) is 0 Å². The number of aliphatic carboxylic acids is 1. The minimum atomic E-state index is -1.53. The molecular weight excluding hydrogens is 646 g/mol. The van der Waals surface area contributed by atoms with Crippen LogP contribution in [0.2, 0.25) is 0 Å². The van der Waals surface area contributed by atoms with Crippen molar-refractivity contribution in [3.8, 4) is 0 Å². The number of rotatable bonds is 34. The second-order valence-corrected chi connectivity index (χ2v) is 13.8. The Kier molecular flexibility index (Phi) is 32.1. The van der Waals surface area contributed by atoms with Gasteiger partial charge in [0.15, 0.2) is 6.10 Å². The number of carbonyl (C=O) groups is 3. The van der Waals surface area contributed by atoms with Gasteiger partial charge in [-0.25, -0.2) is 4.79 Å². The van der Waals surface area contributed by atoms with E-state index in [0.717, 1.165) is 64.2 Å². The van der Waals surface area contributed by atoms with Crippen LogP contribution < -0.4 is 0 Å². The summed E-state index contributed by atoms with van der Waals surface area (Å²) in [4.78, 5) is 36.8. The second kappa shape index (κ2) is 34.1. The van der Waals surface area contributed by atoms with E-state index < -0.39 is 24.3 Å². The quantitative estimate of drug-likeness (QED) is 0.0231. The average Bonchev–Trinajstić information content (AvgIpc) is 3.08. The van der Waals surface area contributed by atoms with Crippen LogP contribution in [-0.4, -0.2) is 87.4 Å². The SMILES string of the molecule is CC/C=C\C/C=C\C/C=C\C/C=C\CCC(=O)OC(COC(=O)CCCCCCC/C=C\CCCCCC)COC(OCC[N+](C)(C)C)C(=O)O. The van der Waals surface area contributed by atoms with Crippen LogP contribution in [0.15, 0.2) is 60.8 Å². The summed E-state index contributed by atoms with van der Waals surface area (Å²) in [7, 11) is 5.91. The highest BCUT2D eigenvalue weighted by molar-refractivity contribution is 5.71. The minimum absolute atomic E-state index is 0.135. The molecule has 9 nitrogen and oxygen atoms in total. The van der Waals surface area contributed by atoms with E-state index in [4.69, 9.17) is 18.9 Å². The molecule has 0 saturated carbocycles. The highest BCUT2D eigenvalue weighted by atomic mass is 16.7. The van der Waals surface area contributed by atoms with Crippen molar-refractivity contribution in [3.63, 3.8) is 0 Å². The van der Waals surface area contributed by atoms with Gasteiger partial charge in [-0.05, 0) is 64.2 Å². The van der Waals surface area contributed by atoms with E-state index in [2.05, 4.69) is 62.5 Å². The van der Waals surface area contributed by atoms with Gasteiger partial charge in [0, 0.05) is 12.8 Å². The van der Waals surface area contributed by atoms with Crippen molar-refractivity contribution >= 4 is 17.9 Å². The zero-order valence-corrected chi connectivity index (χ0v) is 32.7. The Morgan fingerprint density at radius 1 is 0.608 bits per heavy atom. The van der Waals surface area contributed by atoms with Crippen molar-refractivity contribution in [3.05, 3.63) is 60.8 Å². The molecule has 9 heteroatoms. The van der Waals surface area contributed by atoms with Gasteiger partial charge in [0.05, 0.1) is 34.4 Å². The summed E-state index contributed by atoms with van der Waals surface area (Å²) in [5.74, 6) is -2.14. The first-order chi connectivity index (χ1) is 24.6. The molecular formula is C42H72NO8+. The van der Waals surface area contributed by atoms with Crippen molar-refractivity contribution in [1.29, 1.82) is 0 Å². The zero-order chi connectivity index (χ0) is 37.8.